The Balaban J connectivity index is 2.13. The third-order valence-electron chi connectivity index (χ3n) is 2.46. The van der Waals surface area contributed by atoms with E-state index in [1.54, 1.807) is 4.68 Å². The SMILES string of the molecule is CCCNCC(C)CCc1cn(C)nn1. The number of nitrogens with one attached hydrogen (secondary N) is 1. The number of aromatic nitrogens is 3. The molecule has 0 aliphatic rings. The van der Waals surface area contributed by atoms with Crippen LogP contribution in [-0.4, -0.2) is 28.1 Å². The summed E-state index contributed by atoms with van der Waals surface area (Å²) in [5.74, 6) is 0.707. The highest BCUT2D eigenvalue weighted by molar-refractivity contribution is 4.91. The summed E-state index contributed by atoms with van der Waals surface area (Å²) in [5, 5.41) is 11.4. The van der Waals surface area contributed by atoms with Crippen molar-refractivity contribution in [2.24, 2.45) is 13.0 Å². The van der Waals surface area contributed by atoms with Crippen LogP contribution < -0.4 is 5.32 Å². The Kier molecular flexibility index (Phi) is 5.32. The largest absolute Gasteiger partial charge is 0.316 e. The minimum Gasteiger partial charge on any atom is -0.316 e. The molecule has 0 saturated heterocycles. The lowest BCUT2D eigenvalue weighted by Gasteiger charge is -2.10. The minimum atomic E-state index is 0.707. The predicted octanol–water partition coefficient (Wildman–Crippen LogP) is 1.38. The number of hydrogen-bond donors (Lipinski definition) is 1. The number of rotatable bonds is 7. The van der Waals surface area contributed by atoms with E-state index >= 15 is 0 Å². The first-order valence-corrected chi connectivity index (χ1v) is 5.78. The fraction of sp³-hybridized carbons (Fsp3) is 0.818. The monoisotopic (exact) mass is 210 g/mol. The number of nitrogens with zero attached hydrogens (tertiary/aromatic N) is 3. The van der Waals surface area contributed by atoms with Crippen LogP contribution in [0.25, 0.3) is 0 Å². The molecule has 0 fully saturated rings. The van der Waals surface area contributed by atoms with Crippen molar-refractivity contribution in [1.29, 1.82) is 0 Å². The van der Waals surface area contributed by atoms with Crippen molar-refractivity contribution in [1.82, 2.24) is 20.3 Å². The van der Waals surface area contributed by atoms with Gasteiger partial charge in [-0.3, -0.25) is 4.68 Å². The second-order valence-corrected chi connectivity index (χ2v) is 4.23. The molecule has 1 unspecified atom stereocenters. The Bertz CT molecular complexity index is 269. The lowest BCUT2D eigenvalue weighted by Crippen LogP contribution is -2.22. The molecule has 15 heavy (non-hydrogen) atoms. The van der Waals surface area contributed by atoms with Gasteiger partial charge in [0.15, 0.2) is 0 Å². The molecule has 1 N–H and O–H groups in total. The maximum atomic E-state index is 4.08. The average Bonchev–Trinajstić information content (AvgIpc) is 2.62. The average molecular weight is 210 g/mol. The van der Waals surface area contributed by atoms with E-state index in [4.69, 9.17) is 0 Å². The summed E-state index contributed by atoms with van der Waals surface area (Å²) in [6.07, 6.45) is 5.40. The van der Waals surface area contributed by atoms with Crippen LogP contribution in [-0.2, 0) is 13.5 Å². The highest BCUT2D eigenvalue weighted by Gasteiger charge is 2.04. The van der Waals surface area contributed by atoms with Crippen LogP contribution in [0.5, 0.6) is 0 Å². The van der Waals surface area contributed by atoms with Gasteiger partial charge in [-0.05, 0) is 38.3 Å². The summed E-state index contributed by atoms with van der Waals surface area (Å²) in [7, 11) is 1.91. The maximum absolute atomic E-state index is 4.08. The molecule has 0 aliphatic carbocycles. The molecule has 1 atom stereocenters. The van der Waals surface area contributed by atoms with E-state index in [0.29, 0.717) is 5.92 Å². The van der Waals surface area contributed by atoms with E-state index < -0.39 is 0 Å². The number of aryl methyl sites for hydroxylation is 2. The Labute approximate surface area is 92.1 Å². The molecule has 1 aromatic rings. The molecular weight excluding hydrogens is 188 g/mol. The maximum Gasteiger partial charge on any atom is 0.0827 e. The molecule has 0 saturated carbocycles. The van der Waals surface area contributed by atoms with E-state index in [2.05, 4.69) is 29.5 Å². The standard InChI is InChI=1S/C11H22N4/c1-4-7-12-8-10(2)5-6-11-9-15(3)14-13-11/h9-10,12H,4-8H2,1-3H3. The van der Waals surface area contributed by atoms with Crippen molar-refractivity contribution in [3.63, 3.8) is 0 Å². The van der Waals surface area contributed by atoms with Gasteiger partial charge in [0.05, 0.1) is 5.69 Å². The molecule has 4 nitrogen and oxygen atoms in total. The van der Waals surface area contributed by atoms with Crippen LogP contribution in [0.3, 0.4) is 0 Å². The second-order valence-electron chi connectivity index (χ2n) is 4.23. The van der Waals surface area contributed by atoms with E-state index in [9.17, 15) is 0 Å². The summed E-state index contributed by atoms with van der Waals surface area (Å²) in [5.41, 5.74) is 1.10. The lowest BCUT2D eigenvalue weighted by atomic mass is 10.0. The third-order valence-corrected chi connectivity index (χ3v) is 2.46. The van der Waals surface area contributed by atoms with Crippen molar-refractivity contribution in [3.8, 4) is 0 Å². The quantitative estimate of drug-likeness (QED) is 0.691. The topological polar surface area (TPSA) is 42.7 Å². The lowest BCUT2D eigenvalue weighted by molar-refractivity contribution is 0.479. The second kappa shape index (κ2) is 6.56. The first-order chi connectivity index (χ1) is 7.22. The molecule has 1 heterocycles. The first-order valence-electron chi connectivity index (χ1n) is 5.78. The van der Waals surface area contributed by atoms with Gasteiger partial charge < -0.3 is 5.32 Å². The van der Waals surface area contributed by atoms with Gasteiger partial charge in [-0.15, -0.1) is 5.10 Å². The minimum absolute atomic E-state index is 0.707. The van der Waals surface area contributed by atoms with Gasteiger partial charge in [-0.1, -0.05) is 19.1 Å². The summed E-state index contributed by atoms with van der Waals surface area (Å²) >= 11 is 0. The van der Waals surface area contributed by atoms with Gasteiger partial charge in [0.25, 0.3) is 0 Å². The van der Waals surface area contributed by atoms with Crippen molar-refractivity contribution >= 4 is 0 Å². The zero-order valence-corrected chi connectivity index (χ0v) is 10.0. The Morgan fingerprint density at radius 1 is 1.53 bits per heavy atom. The fourth-order valence-electron chi connectivity index (χ4n) is 1.53. The van der Waals surface area contributed by atoms with Crippen molar-refractivity contribution < 1.29 is 0 Å². The molecule has 0 bridgehead atoms. The van der Waals surface area contributed by atoms with Crippen LogP contribution >= 0.6 is 0 Å². The van der Waals surface area contributed by atoms with Crippen LogP contribution in [0.2, 0.25) is 0 Å². The molecule has 4 heteroatoms. The van der Waals surface area contributed by atoms with E-state index in [1.165, 1.54) is 12.8 Å². The molecule has 0 aliphatic heterocycles. The first kappa shape index (κ1) is 12.2. The van der Waals surface area contributed by atoms with Crippen molar-refractivity contribution in [3.05, 3.63) is 11.9 Å². The molecule has 0 amide bonds. The third kappa shape index (κ3) is 4.93. The smallest absolute Gasteiger partial charge is 0.0827 e. The molecular formula is C11H22N4. The zero-order chi connectivity index (χ0) is 11.1. The summed E-state index contributed by atoms with van der Waals surface area (Å²) in [4.78, 5) is 0. The van der Waals surface area contributed by atoms with E-state index in [-0.39, 0.29) is 0 Å². The van der Waals surface area contributed by atoms with Gasteiger partial charge in [0.1, 0.15) is 0 Å². The van der Waals surface area contributed by atoms with Crippen molar-refractivity contribution in [2.75, 3.05) is 13.1 Å². The Morgan fingerprint density at radius 3 is 2.93 bits per heavy atom. The van der Waals surface area contributed by atoms with Crippen molar-refractivity contribution in [2.45, 2.75) is 33.1 Å². The number of hydrogen-bond acceptors (Lipinski definition) is 3. The summed E-state index contributed by atoms with van der Waals surface area (Å²) < 4.78 is 1.76. The molecule has 0 radical (unpaired) electrons. The molecule has 86 valence electrons. The van der Waals surface area contributed by atoms with Gasteiger partial charge in [-0.2, -0.15) is 0 Å². The van der Waals surface area contributed by atoms with Crippen LogP contribution in [0.1, 0.15) is 32.4 Å². The van der Waals surface area contributed by atoms with Gasteiger partial charge in [0, 0.05) is 13.2 Å². The zero-order valence-electron chi connectivity index (χ0n) is 10.0. The van der Waals surface area contributed by atoms with Crippen LogP contribution in [0, 0.1) is 5.92 Å². The Morgan fingerprint density at radius 2 is 2.33 bits per heavy atom. The van der Waals surface area contributed by atoms with Crippen LogP contribution in [0.15, 0.2) is 6.20 Å². The van der Waals surface area contributed by atoms with Gasteiger partial charge >= 0.3 is 0 Å². The normalized spacial score (nSPS) is 13.0. The summed E-state index contributed by atoms with van der Waals surface area (Å²) in [6, 6.07) is 0. The van der Waals surface area contributed by atoms with Crippen LogP contribution in [0.4, 0.5) is 0 Å². The molecule has 1 rings (SSSR count). The van der Waals surface area contributed by atoms with Gasteiger partial charge in [-0.25, -0.2) is 0 Å². The van der Waals surface area contributed by atoms with Gasteiger partial charge in [0.2, 0.25) is 0 Å². The Hall–Kier alpha value is -0.900. The summed E-state index contributed by atoms with van der Waals surface area (Å²) in [6.45, 7) is 6.69. The molecule has 0 aromatic carbocycles. The fourth-order valence-corrected chi connectivity index (χ4v) is 1.53. The predicted molar refractivity (Wildman–Crippen MR) is 61.6 cm³/mol. The van der Waals surface area contributed by atoms with E-state index in [1.807, 2.05) is 13.2 Å². The molecule has 0 spiro atoms. The molecule has 1 aromatic heterocycles. The van der Waals surface area contributed by atoms with E-state index in [0.717, 1.165) is 25.2 Å². The highest BCUT2D eigenvalue weighted by Crippen LogP contribution is 2.05. The highest BCUT2D eigenvalue weighted by atomic mass is 15.4.